The molecule has 0 radical (unpaired) electrons. The molecule has 1 aliphatic rings. The number of aryl methyl sites for hydroxylation is 2. The lowest BCUT2D eigenvalue weighted by molar-refractivity contribution is 0.324. The number of hydrogen-bond donors (Lipinski definition) is 0. The third kappa shape index (κ3) is 3.25. The molecule has 3 rings (SSSR count). The van der Waals surface area contributed by atoms with E-state index in [0.717, 1.165) is 43.4 Å². The minimum absolute atomic E-state index is 0.471. The van der Waals surface area contributed by atoms with E-state index in [4.69, 9.17) is 0 Å². The summed E-state index contributed by atoms with van der Waals surface area (Å²) in [4.78, 5) is 18.0. The number of likely N-dealkylation sites (N-methyl/N-ethyl adjacent to an activating group) is 1. The van der Waals surface area contributed by atoms with Crippen LogP contribution in [0.3, 0.4) is 0 Å². The Morgan fingerprint density at radius 2 is 2.09 bits per heavy atom. The second-order valence-electron chi connectivity index (χ2n) is 6.03. The summed E-state index contributed by atoms with van der Waals surface area (Å²) in [5.74, 6) is 0.824. The van der Waals surface area contributed by atoms with Crippen molar-refractivity contribution < 1.29 is 0 Å². The second kappa shape index (κ2) is 6.40. The molecule has 0 spiro atoms. The van der Waals surface area contributed by atoms with E-state index < -0.39 is 0 Å². The first-order valence-electron chi connectivity index (χ1n) is 7.79. The van der Waals surface area contributed by atoms with Crippen LogP contribution in [-0.2, 0) is 6.54 Å². The maximum atomic E-state index is 4.53. The van der Waals surface area contributed by atoms with Crippen molar-refractivity contribution in [3.05, 3.63) is 47.5 Å². The van der Waals surface area contributed by atoms with Crippen LogP contribution in [0.4, 0.5) is 5.95 Å². The minimum atomic E-state index is 0.471. The van der Waals surface area contributed by atoms with E-state index in [0.29, 0.717) is 6.04 Å². The molecule has 0 amide bonds. The highest BCUT2D eigenvalue weighted by molar-refractivity contribution is 5.31. The summed E-state index contributed by atoms with van der Waals surface area (Å²) >= 11 is 0. The largest absolute Gasteiger partial charge is 0.340 e. The van der Waals surface area contributed by atoms with Gasteiger partial charge in [-0.3, -0.25) is 9.88 Å². The quantitative estimate of drug-likeness (QED) is 0.865. The summed E-state index contributed by atoms with van der Waals surface area (Å²) in [7, 11) is 2.10. The van der Waals surface area contributed by atoms with Crippen molar-refractivity contribution in [1.29, 1.82) is 0 Å². The fourth-order valence-electron chi connectivity index (χ4n) is 2.97. The molecule has 1 atom stereocenters. The predicted molar refractivity (Wildman–Crippen MR) is 87.8 cm³/mol. The number of rotatable bonds is 4. The zero-order valence-electron chi connectivity index (χ0n) is 13.5. The standard InChI is InChI=1S/C17H23N5/c1-13-6-9-19-17(20-13)21(3)16-7-10-22(12-16)11-15-5-4-8-18-14(15)2/h4-6,8-9,16H,7,10-12H2,1-3H3. The van der Waals surface area contributed by atoms with Crippen molar-refractivity contribution in [3.63, 3.8) is 0 Å². The first-order valence-corrected chi connectivity index (χ1v) is 7.79. The van der Waals surface area contributed by atoms with E-state index >= 15 is 0 Å². The van der Waals surface area contributed by atoms with Crippen LogP contribution in [0.1, 0.15) is 23.4 Å². The highest BCUT2D eigenvalue weighted by Gasteiger charge is 2.27. The monoisotopic (exact) mass is 297 g/mol. The molecule has 22 heavy (non-hydrogen) atoms. The average Bonchev–Trinajstić information content (AvgIpc) is 2.97. The Labute approximate surface area is 132 Å². The molecule has 3 heterocycles. The summed E-state index contributed by atoms with van der Waals surface area (Å²) in [6, 6.07) is 6.59. The highest BCUT2D eigenvalue weighted by atomic mass is 15.3. The van der Waals surface area contributed by atoms with Crippen LogP contribution in [0.5, 0.6) is 0 Å². The smallest absolute Gasteiger partial charge is 0.225 e. The Morgan fingerprint density at radius 1 is 1.23 bits per heavy atom. The first kappa shape index (κ1) is 14.9. The van der Waals surface area contributed by atoms with Crippen molar-refractivity contribution in [3.8, 4) is 0 Å². The summed E-state index contributed by atoms with van der Waals surface area (Å²) < 4.78 is 0. The summed E-state index contributed by atoms with van der Waals surface area (Å²) in [5.41, 5.74) is 3.46. The van der Waals surface area contributed by atoms with Crippen molar-refractivity contribution in [2.45, 2.75) is 32.9 Å². The van der Waals surface area contributed by atoms with E-state index in [-0.39, 0.29) is 0 Å². The van der Waals surface area contributed by atoms with Crippen LogP contribution in [0.25, 0.3) is 0 Å². The molecular formula is C17H23N5. The van der Waals surface area contributed by atoms with Gasteiger partial charge < -0.3 is 4.90 Å². The van der Waals surface area contributed by atoms with E-state index in [2.05, 4.69) is 44.8 Å². The summed E-state index contributed by atoms with van der Waals surface area (Å²) in [6.07, 6.45) is 4.83. The number of nitrogens with zero attached hydrogens (tertiary/aromatic N) is 5. The van der Waals surface area contributed by atoms with E-state index in [9.17, 15) is 0 Å². The number of anilines is 1. The van der Waals surface area contributed by atoms with Crippen molar-refractivity contribution in [2.75, 3.05) is 25.0 Å². The Kier molecular flexibility index (Phi) is 4.34. The second-order valence-corrected chi connectivity index (χ2v) is 6.03. The Balaban J connectivity index is 1.64. The van der Waals surface area contributed by atoms with Crippen LogP contribution in [0, 0.1) is 13.8 Å². The van der Waals surface area contributed by atoms with Gasteiger partial charge in [0.25, 0.3) is 0 Å². The molecule has 1 saturated heterocycles. The van der Waals surface area contributed by atoms with Gasteiger partial charge in [0.15, 0.2) is 0 Å². The van der Waals surface area contributed by atoms with Gasteiger partial charge in [0.1, 0.15) is 0 Å². The molecule has 2 aromatic heterocycles. The number of likely N-dealkylation sites (tertiary alicyclic amines) is 1. The third-order valence-electron chi connectivity index (χ3n) is 4.40. The molecule has 2 aromatic rings. The Morgan fingerprint density at radius 3 is 2.86 bits per heavy atom. The number of pyridine rings is 1. The van der Waals surface area contributed by atoms with Gasteiger partial charge in [-0.25, -0.2) is 9.97 Å². The summed E-state index contributed by atoms with van der Waals surface area (Å²) in [6.45, 7) is 7.21. The molecule has 116 valence electrons. The lowest BCUT2D eigenvalue weighted by Gasteiger charge is -2.25. The zero-order chi connectivity index (χ0) is 15.5. The van der Waals surface area contributed by atoms with Gasteiger partial charge in [0, 0.05) is 56.5 Å². The first-order chi connectivity index (χ1) is 10.6. The van der Waals surface area contributed by atoms with Crippen molar-refractivity contribution >= 4 is 5.95 Å². The van der Waals surface area contributed by atoms with Gasteiger partial charge in [-0.1, -0.05) is 6.07 Å². The number of hydrogen-bond acceptors (Lipinski definition) is 5. The fraction of sp³-hybridized carbons (Fsp3) is 0.471. The van der Waals surface area contributed by atoms with Gasteiger partial charge in [0.05, 0.1) is 0 Å². The molecule has 5 heteroatoms. The van der Waals surface area contributed by atoms with Crippen LogP contribution >= 0.6 is 0 Å². The highest BCUT2D eigenvalue weighted by Crippen LogP contribution is 2.20. The molecule has 0 saturated carbocycles. The molecule has 1 fully saturated rings. The Bertz CT molecular complexity index is 642. The molecule has 0 N–H and O–H groups in total. The third-order valence-corrected chi connectivity index (χ3v) is 4.40. The predicted octanol–water partition coefficient (Wildman–Crippen LogP) is 2.20. The lowest BCUT2D eigenvalue weighted by atomic mass is 10.2. The molecule has 5 nitrogen and oxygen atoms in total. The SMILES string of the molecule is Cc1ccnc(N(C)C2CCN(Cc3cccnc3C)C2)n1. The molecule has 0 aliphatic carbocycles. The van der Waals surface area contributed by atoms with Crippen molar-refractivity contribution in [1.82, 2.24) is 19.9 Å². The lowest BCUT2D eigenvalue weighted by Crippen LogP contribution is -2.35. The van der Waals surface area contributed by atoms with Gasteiger partial charge in [0.2, 0.25) is 5.95 Å². The van der Waals surface area contributed by atoms with Crippen LogP contribution < -0.4 is 4.90 Å². The normalized spacial score (nSPS) is 18.6. The van der Waals surface area contributed by atoms with E-state index in [1.165, 1.54) is 5.56 Å². The molecular weight excluding hydrogens is 274 g/mol. The van der Waals surface area contributed by atoms with Crippen LogP contribution in [-0.4, -0.2) is 46.0 Å². The van der Waals surface area contributed by atoms with Crippen LogP contribution in [0.2, 0.25) is 0 Å². The van der Waals surface area contributed by atoms with Gasteiger partial charge in [-0.2, -0.15) is 0 Å². The maximum Gasteiger partial charge on any atom is 0.225 e. The zero-order valence-corrected chi connectivity index (χ0v) is 13.5. The van der Waals surface area contributed by atoms with E-state index in [1.54, 1.807) is 0 Å². The molecule has 1 unspecified atom stereocenters. The topological polar surface area (TPSA) is 45.2 Å². The van der Waals surface area contributed by atoms with E-state index in [1.807, 2.05) is 31.5 Å². The maximum absolute atomic E-state index is 4.53. The fourth-order valence-corrected chi connectivity index (χ4v) is 2.97. The van der Waals surface area contributed by atoms with Gasteiger partial charge in [-0.15, -0.1) is 0 Å². The summed E-state index contributed by atoms with van der Waals surface area (Å²) in [5, 5.41) is 0. The van der Waals surface area contributed by atoms with Crippen molar-refractivity contribution in [2.24, 2.45) is 0 Å². The van der Waals surface area contributed by atoms with Crippen LogP contribution in [0.15, 0.2) is 30.6 Å². The number of aromatic nitrogens is 3. The molecule has 1 aliphatic heterocycles. The molecule has 0 bridgehead atoms. The minimum Gasteiger partial charge on any atom is -0.340 e. The average molecular weight is 297 g/mol. The van der Waals surface area contributed by atoms with Gasteiger partial charge >= 0.3 is 0 Å². The van der Waals surface area contributed by atoms with Gasteiger partial charge in [-0.05, 0) is 38.0 Å². The Hall–Kier alpha value is -2.01. The molecule has 0 aromatic carbocycles.